The van der Waals surface area contributed by atoms with E-state index < -0.39 is 5.60 Å². The van der Waals surface area contributed by atoms with Gasteiger partial charge in [0.25, 0.3) is 5.91 Å². The molecule has 1 aliphatic rings. The van der Waals surface area contributed by atoms with E-state index >= 15 is 0 Å². The van der Waals surface area contributed by atoms with E-state index in [1.54, 1.807) is 20.2 Å². The average molecular weight is 468 g/mol. The Morgan fingerprint density at radius 3 is 2.89 bits per heavy atom. The van der Waals surface area contributed by atoms with Crippen LogP contribution in [0.2, 0.25) is 0 Å². The molecule has 9 heteroatoms. The van der Waals surface area contributed by atoms with Gasteiger partial charge in [-0.2, -0.15) is 0 Å². The molecule has 0 bridgehead atoms. The molecule has 9 nitrogen and oxygen atoms in total. The van der Waals surface area contributed by atoms with E-state index in [1.807, 2.05) is 53.1 Å². The lowest BCUT2D eigenvalue weighted by Gasteiger charge is -2.14. The van der Waals surface area contributed by atoms with Crippen LogP contribution in [0.1, 0.15) is 65.3 Å². The van der Waals surface area contributed by atoms with Crippen LogP contribution >= 0.6 is 0 Å². The number of amides is 1. The van der Waals surface area contributed by atoms with Gasteiger partial charge in [0.2, 0.25) is 5.82 Å². The molecule has 0 fully saturated rings. The first kappa shape index (κ1) is 22.5. The standard InChI is InChI=1S/C26H25N7O2/c1-26(2,35)13-12-18-8-9-19-10-11-20(24-32-27-16-33(24)21(19)14-18)28-25(34)23-29-22(30-31-23)15-17-6-4-3-5-7-17/h3-9,14,16,20,35H,10-11,15H2,1-2H3,(H,28,34)(H,29,30,31). The van der Waals surface area contributed by atoms with Crippen LogP contribution < -0.4 is 5.32 Å². The number of aliphatic hydroxyl groups is 1. The number of benzene rings is 2. The third kappa shape index (κ3) is 5.13. The fourth-order valence-electron chi connectivity index (χ4n) is 4.02. The van der Waals surface area contributed by atoms with Gasteiger partial charge in [-0.05, 0) is 49.9 Å². The third-order valence-corrected chi connectivity index (χ3v) is 5.70. The lowest BCUT2D eigenvalue weighted by Crippen LogP contribution is -2.31. The van der Waals surface area contributed by atoms with Crippen molar-refractivity contribution in [3.05, 3.63) is 89.0 Å². The SMILES string of the molecule is CC(C)(O)C#Cc1ccc2c(c1)-n1cnnc1C(NC(=O)c1n[nH]c(Cc3ccccc3)n1)CC2. The molecule has 35 heavy (non-hydrogen) atoms. The van der Waals surface area contributed by atoms with Crippen LogP contribution in [0.4, 0.5) is 0 Å². The number of nitrogens with one attached hydrogen (secondary N) is 2. The summed E-state index contributed by atoms with van der Waals surface area (Å²) in [6, 6.07) is 15.4. The Kier molecular flexibility index (Phi) is 5.89. The second-order valence-electron chi connectivity index (χ2n) is 9.04. The molecule has 0 aliphatic carbocycles. The molecule has 0 saturated heterocycles. The molecule has 0 radical (unpaired) electrons. The quantitative estimate of drug-likeness (QED) is 0.397. The van der Waals surface area contributed by atoms with Crippen molar-refractivity contribution in [2.75, 3.05) is 0 Å². The highest BCUT2D eigenvalue weighted by atomic mass is 16.3. The summed E-state index contributed by atoms with van der Waals surface area (Å²) in [4.78, 5) is 17.3. The van der Waals surface area contributed by atoms with Crippen molar-refractivity contribution in [1.29, 1.82) is 0 Å². The Hall–Kier alpha value is -4.29. The van der Waals surface area contributed by atoms with Gasteiger partial charge in [-0.3, -0.25) is 14.5 Å². The Balaban J connectivity index is 1.35. The summed E-state index contributed by atoms with van der Waals surface area (Å²) in [7, 11) is 0. The van der Waals surface area contributed by atoms with Crippen LogP contribution in [0.3, 0.4) is 0 Å². The molecule has 1 amide bonds. The van der Waals surface area contributed by atoms with Gasteiger partial charge in [-0.1, -0.05) is 48.2 Å². The zero-order chi connectivity index (χ0) is 24.4. The third-order valence-electron chi connectivity index (χ3n) is 5.70. The van der Waals surface area contributed by atoms with Crippen LogP contribution in [0.15, 0.2) is 54.9 Å². The van der Waals surface area contributed by atoms with Crippen molar-refractivity contribution < 1.29 is 9.90 Å². The molecular weight excluding hydrogens is 442 g/mol. The zero-order valence-electron chi connectivity index (χ0n) is 19.5. The Morgan fingerprint density at radius 2 is 2.09 bits per heavy atom. The highest BCUT2D eigenvalue weighted by Gasteiger charge is 2.27. The first-order valence-corrected chi connectivity index (χ1v) is 11.4. The highest BCUT2D eigenvalue weighted by Crippen LogP contribution is 2.29. The molecule has 5 rings (SSSR count). The van der Waals surface area contributed by atoms with Gasteiger partial charge in [0.05, 0.1) is 11.7 Å². The van der Waals surface area contributed by atoms with Gasteiger partial charge in [-0.15, -0.1) is 15.3 Å². The Labute approximate surface area is 202 Å². The largest absolute Gasteiger partial charge is 0.378 e. The summed E-state index contributed by atoms with van der Waals surface area (Å²) >= 11 is 0. The molecular formula is C26H25N7O2. The number of carbonyl (C=O) groups is 1. The van der Waals surface area contributed by atoms with E-state index in [-0.39, 0.29) is 17.8 Å². The van der Waals surface area contributed by atoms with E-state index in [2.05, 4.69) is 42.5 Å². The molecule has 0 saturated carbocycles. The molecule has 2 aromatic heterocycles. The zero-order valence-corrected chi connectivity index (χ0v) is 19.5. The number of nitrogens with zero attached hydrogens (tertiary/aromatic N) is 5. The number of aromatic nitrogens is 6. The first-order valence-electron chi connectivity index (χ1n) is 11.4. The summed E-state index contributed by atoms with van der Waals surface area (Å²) in [6.07, 6.45) is 3.58. The molecule has 1 atom stereocenters. The van der Waals surface area contributed by atoms with E-state index in [0.29, 0.717) is 24.5 Å². The summed E-state index contributed by atoms with van der Waals surface area (Å²) in [6.45, 7) is 3.29. The maximum Gasteiger partial charge on any atom is 0.291 e. The van der Waals surface area contributed by atoms with Crippen molar-refractivity contribution in [2.45, 2.75) is 44.8 Å². The lowest BCUT2D eigenvalue weighted by molar-refractivity contribution is 0.0922. The number of hydrogen-bond acceptors (Lipinski definition) is 6. The average Bonchev–Trinajstić information content (AvgIpc) is 3.48. The smallest absolute Gasteiger partial charge is 0.291 e. The molecule has 2 aromatic carbocycles. The summed E-state index contributed by atoms with van der Waals surface area (Å²) < 4.78 is 1.88. The minimum atomic E-state index is -1.08. The fraction of sp³-hybridized carbons (Fsp3) is 0.269. The predicted molar refractivity (Wildman–Crippen MR) is 129 cm³/mol. The van der Waals surface area contributed by atoms with Crippen molar-refractivity contribution in [3.8, 4) is 17.5 Å². The van der Waals surface area contributed by atoms with Crippen LogP contribution in [0.25, 0.3) is 5.69 Å². The number of aromatic amines is 1. The molecule has 4 aromatic rings. The number of H-pyrrole nitrogens is 1. The van der Waals surface area contributed by atoms with Crippen molar-refractivity contribution >= 4 is 5.91 Å². The van der Waals surface area contributed by atoms with Gasteiger partial charge in [0.15, 0.2) is 5.82 Å². The van der Waals surface area contributed by atoms with Gasteiger partial charge in [0.1, 0.15) is 17.8 Å². The number of carbonyl (C=O) groups excluding carboxylic acids is 1. The topological polar surface area (TPSA) is 122 Å². The Morgan fingerprint density at radius 1 is 1.26 bits per heavy atom. The van der Waals surface area contributed by atoms with E-state index in [4.69, 9.17) is 0 Å². The maximum absolute atomic E-state index is 13.0. The normalized spacial score (nSPS) is 14.8. The van der Waals surface area contributed by atoms with Gasteiger partial charge < -0.3 is 10.4 Å². The second kappa shape index (κ2) is 9.16. The maximum atomic E-state index is 13.0. The molecule has 1 unspecified atom stereocenters. The molecule has 0 spiro atoms. The van der Waals surface area contributed by atoms with E-state index in [1.165, 1.54) is 0 Å². The molecule has 3 N–H and O–H groups in total. The summed E-state index contributed by atoms with van der Waals surface area (Å²) in [5, 5.41) is 28.3. The van der Waals surface area contributed by atoms with Crippen molar-refractivity contribution in [3.63, 3.8) is 0 Å². The highest BCUT2D eigenvalue weighted by molar-refractivity contribution is 5.90. The number of hydrogen-bond donors (Lipinski definition) is 3. The molecule has 3 heterocycles. The summed E-state index contributed by atoms with van der Waals surface area (Å²) in [5.74, 6) is 6.83. The number of rotatable bonds is 4. The van der Waals surface area contributed by atoms with Crippen LogP contribution in [0.5, 0.6) is 0 Å². The number of fused-ring (bicyclic) bond motifs is 3. The van der Waals surface area contributed by atoms with Crippen LogP contribution in [-0.2, 0) is 12.8 Å². The van der Waals surface area contributed by atoms with E-state index in [0.717, 1.165) is 28.8 Å². The fourth-order valence-corrected chi connectivity index (χ4v) is 4.02. The van der Waals surface area contributed by atoms with Crippen LogP contribution in [0, 0.1) is 11.8 Å². The minimum absolute atomic E-state index is 0.0907. The van der Waals surface area contributed by atoms with Crippen molar-refractivity contribution in [2.24, 2.45) is 0 Å². The van der Waals surface area contributed by atoms with Gasteiger partial charge >= 0.3 is 0 Å². The molecule has 176 valence electrons. The van der Waals surface area contributed by atoms with Crippen LogP contribution in [-0.4, -0.2) is 46.6 Å². The predicted octanol–water partition coefficient (Wildman–Crippen LogP) is 2.52. The lowest BCUT2D eigenvalue weighted by atomic mass is 10.0. The first-order chi connectivity index (χ1) is 16.9. The van der Waals surface area contributed by atoms with Crippen molar-refractivity contribution in [1.82, 2.24) is 35.3 Å². The van der Waals surface area contributed by atoms with E-state index in [9.17, 15) is 9.90 Å². The number of aryl methyl sites for hydroxylation is 1. The van der Waals surface area contributed by atoms with Gasteiger partial charge in [-0.25, -0.2) is 4.98 Å². The monoisotopic (exact) mass is 467 g/mol. The summed E-state index contributed by atoms with van der Waals surface area (Å²) in [5.41, 5.74) is 2.79. The molecule has 1 aliphatic heterocycles. The minimum Gasteiger partial charge on any atom is -0.378 e. The Bertz CT molecular complexity index is 1420. The van der Waals surface area contributed by atoms with Gasteiger partial charge in [0, 0.05) is 12.0 Å². The second-order valence-corrected chi connectivity index (χ2v) is 9.04.